The number of halogens is 2. The standard InChI is InChI=1S/C18H17Cl2N3O4S/c19-16-5-2-6-17(20)15(16)12-21-22-18(24)13-3-1-4-14(11-13)28(25,26)23-7-9-27-10-8-23/h1-6,11-12H,7-10H2,(H,22,24)/b21-12+. The van der Waals surface area contributed by atoms with Crippen LogP contribution in [0.1, 0.15) is 15.9 Å². The Balaban J connectivity index is 1.74. The Morgan fingerprint density at radius 1 is 1.11 bits per heavy atom. The summed E-state index contributed by atoms with van der Waals surface area (Å²) in [6.45, 7) is 1.25. The number of rotatable bonds is 5. The first-order valence-electron chi connectivity index (χ1n) is 8.35. The molecule has 0 aliphatic carbocycles. The van der Waals surface area contributed by atoms with E-state index in [1.54, 1.807) is 18.2 Å². The molecule has 1 aliphatic heterocycles. The largest absolute Gasteiger partial charge is 0.379 e. The fourth-order valence-corrected chi connectivity index (χ4v) is 4.54. The number of morpholine rings is 1. The number of hydrogen-bond donors (Lipinski definition) is 1. The van der Waals surface area contributed by atoms with E-state index in [1.165, 1.54) is 34.8 Å². The second kappa shape index (κ2) is 9.02. The molecule has 1 saturated heterocycles. The third-order valence-electron chi connectivity index (χ3n) is 4.06. The van der Waals surface area contributed by atoms with E-state index in [9.17, 15) is 13.2 Å². The summed E-state index contributed by atoms with van der Waals surface area (Å²) in [4.78, 5) is 12.4. The van der Waals surface area contributed by atoms with Crippen molar-refractivity contribution in [2.75, 3.05) is 26.3 Å². The highest BCUT2D eigenvalue weighted by atomic mass is 35.5. The van der Waals surface area contributed by atoms with E-state index >= 15 is 0 Å². The molecule has 1 N–H and O–H groups in total. The monoisotopic (exact) mass is 441 g/mol. The molecule has 0 bridgehead atoms. The molecule has 0 unspecified atom stereocenters. The Bertz CT molecular complexity index is 985. The van der Waals surface area contributed by atoms with Gasteiger partial charge in [-0.15, -0.1) is 0 Å². The summed E-state index contributed by atoms with van der Waals surface area (Å²) in [5.41, 5.74) is 2.98. The normalized spacial score (nSPS) is 15.6. The minimum Gasteiger partial charge on any atom is -0.379 e. The van der Waals surface area contributed by atoms with Gasteiger partial charge in [-0.1, -0.05) is 35.3 Å². The van der Waals surface area contributed by atoms with E-state index in [1.807, 2.05) is 0 Å². The zero-order chi connectivity index (χ0) is 20.1. The predicted molar refractivity (Wildman–Crippen MR) is 108 cm³/mol. The summed E-state index contributed by atoms with van der Waals surface area (Å²) in [5.74, 6) is -0.557. The summed E-state index contributed by atoms with van der Waals surface area (Å²) in [5, 5.41) is 4.64. The average Bonchev–Trinajstić information content (AvgIpc) is 2.71. The molecule has 148 valence electrons. The molecule has 0 spiro atoms. The highest BCUT2D eigenvalue weighted by molar-refractivity contribution is 7.89. The molecule has 0 aromatic heterocycles. The van der Waals surface area contributed by atoms with Crippen LogP contribution < -0.4 is 5.43 Å². The van der Waals surface area contributed by atoms with Gasteiger partial charge in [0.1, 0.15) is 0 Å². The molecule has 2 aromatic rings. The fourth-order valence-electron chi connectivity index (χ4n) is 2.59. The van der Waals surface area contributed by atoms with Crippen LogP contribution in [0, 0.1) is 0 Å². The molecule has 1 fully saturated rings. The van der Waals surface area contributed by atoms with Crippen molar-refractivity contribution in [1.29, 1.82) is 0 Å². The smallest absolute Gasteiger partial charge is 0.271 e. The third-order valence-corrected chi connectivity index (χ3v) is 6.62. The average molecular weight is 442 g/mol. The number of hydrazone groups is 1. The van der Waals surface area contributed by atoms with Gasteiger partial charge in [0, 0.05) is 24.2 Å². The van der Waals surface area contributed by atoms with Crippen LogP contribution in [-0.4, -0.2) is 51.1 Å². The van der Waals surface area contributed by atoms with Crippen LogP contribution in [0.4, 0.5) is 0 Å². The molecule has 7 nitrogen and oxygen atoms in total. The van der Waals surface area contributed by atoms with E-state index in [0.29, 0.717) is 28.8 Å². The van der Waals surface area contributed by atoms with E-state index < -0.39 is 15.9 Å². The van der Waals surface area contributed by atoms with Crippen LogP contribution in [0.5, 0.6) is 0 Å². The van der Waals surface area contributed by atoms with Gasteiger partial charge in [-0.05, 0) is 30.3 Å². The molecule has 0 saturated carbocycles. The number of sulfonamides is 1. The minimum atomic E-state index is -3.69. The molecule has 10 heteroatoms. The number of ether oxygens (including phenoxy) is 1. The summed E-state index contributed by atoms with van der Waals surface area (Å²) in [6, 6.07) is 10.8. The van der Waals surface area contributed by atoms with Crippen molar-refractivity contribution in [3.8, 4) is 0 Å². The summed E-state index contributed by atoms with van der Waals surface area (Å²) >= 11 is 12.1. The fraction of sp³-hybridized carbons (Fsp3) is 0.222. The van der Waals surface area contributed by atoms with Crippen molar-refractivity contribution in [2.45, 2.75) is 4.90 Å². The van der Waals surface area contributed by atoms with Gasteiger partial charge in [-0.2, -0.15) is 9.41 Å². The van der Waals surface area contributed by atoms with Gasteiger partial charge in [0.05, 0.1) is 34.4 Å². The van der Waals surface area contributed by atoms with E-state index in [4.69, 9.17) is 27.9 Å². The first-order chi connectivity index (χ1) is 13.4. The number of hydrogen-bond acceptors (Lipinski definition) is 5. The maximum atomic E-state index is 12.7. The van der Waals surface area contributed by atoms with Gasteiger partial charge in [0.2, 0.25) is 10.0 Å². The van der Waals surface area contributed by atoms with Crippen molar-refractivity contribution in [3.63, 3.8) is 0 Å². The van der Waals surface area contributed by atoms with Crippen LogP contribution in [0.2, 0.25) is 10.0 Å². The Morgan fingerprint density at radius 2 is 1.75 bits per heavy atom. The Kier molecular flexibility index (Phi) is 6.69. The molecule has 1 aliphatic rings. The van der Waals surface area contributed by atoms with Crippen LogP contribution >= 0.6 is 23.2 Å². The number of nitrogens with zero attached hydrogens (tertiary/aromatic N) is 2. The zero-order valence-corrected chi connectivity index (χ0v) is 17.0. The Morgan fingerprint density at radius 3 is 2.43 bits per heavy atom. The Hall–Kier alpha value is -1.97. The lowest BCUT2D eigenvalue weighted by Crippen LogP contribution is -2.40. The molecular weight excluding hydrogens is 425 g/mol. The first kappa shape index (κ1) is 20.8. The highest BCUT2D eigenvalue weighted by Crippen LogP contribution is 2.22. The molecule has 0 atom stereocenters. The van der Waals surface area contributed by atoms with Gasteiger partial charge < -0.3 is 4.74 Å². The van der Waals surface area contributed by atoms with Gasteiger partial charge in [0.15, 0.2) is 0 Å². The quantitative estimate of drug-likeness (QED) is 0.570. The molecule has 28 heavy (non-hydrogen) atoms. The maximum Gasteiger partial charge on any atom is 0.271 e. The number of carbonyl (C=O) groups is 1. The predicted octanol–water partition coefficient (Wildman–Crippen LogP) is 2.78. The lowest BCUT2D eigenvalue weighted by atomic mass is 10.2. The molecular formula is C18H17Cl2N3O4S. The van der Waals surface area contributed by atoms with E-state index in [0.717, 1.165) is 0 Å². The number of benzene rings is 2. The first-order valence-corrected chi connectivity index (χ1v) is 10.5. The lowest BCUT2D eigenvalue weighted by molar-refractivity contribution is 0.0730. The van der Waals surface area contributed by atoms with Crippen LogP contribution in [-0.2, 0) is 14.8 Å². The topological polar surface area (TPSA) is 88.1 Å². The van der Waals surface area contributed by atoms with E-state index in [2.05, 4.69) is 10.5 Å². The van der Waals surface area contributed by atoms with Crippen molar-refractivity contribution in [3.05, 3.63) is 63.6 Å². The highest BCUT2D eigenvalue weighted by Gasteiger charge is 2.26. The maximum absolute atomic E-state index is 12.7. The Labute approximate surface area is 172 Å². The van der Waals surface area contributed by atoms with Gasteiger partial charge in [-0.25, -0.2) is 13.8 Å². The van der Waals surface area contributed by atoms with Crippen molar-refractivity contribution in [2.24, 2.45) is 5.10 Å². The van der Waals surface area contributed by atoms with Gasteiger partial charge in [0.25, 0.3) is 5.91 Å². The molecule has 1 heterocycles. The van der Waals surface area contributed by atoms with Crippen LogP contribution in [0.3, 0.4) is 0 Å². The second-order valence-electron chi connectivity index (χ2n) is 5.88. The zero-order valence-electron chi connectivity index (χ0n) is 14.6. The van der Waals surface area contributed by atoms with Crippen molar-refractivity contribution < 1.29 is 17.9 Å². The summed E-state index contributed by atoms with van der Waals surface area (Å²) in [6.07, 6.45) is 1.33. The number of amides is 1. The second-order valence-corrected chi connectivity index (χ2v) is 8.63. The SMILES string of the molecule is O=C(N/N=C/c1c(Cl)cccc1Cl)c1cccc(S(=O)(=O)N2CCOCC2)c1. The molecule has 3 rings (SSSR count). The summed E-state index contributed by atoms with van der Waals surface area (Å²) < 4.78 is 32.0. The molecule has 0 radical (unpaired) electrons. The van der Waals surface area contributed by atoms with E-state index in [-0.39, 0.29) is 23.5 Å². The van der Waals surface area contributed by atoms with Crippen LogP contribution in [0.15, 0.2) is 52.5 Å². The summed E-state index contributed by atoms with van der Waals surface area (Å²) in [7, 11) is -3.69. The van der Waals surface area contributed by atoms with Crippen LogP contribution in [0.25, 0.3) is 0 Å². The van der Waals surface area contributed by atoms with Gasteiger partial charge >= 0.3 is 0 Å². The molecule has 2 aromatic carbocycles. The number of nitrogens with one attached hydrogen (secondary N) is 1. The lowest BCUT2D eigenvalue weighted by Gasteiger charge is -2.26. The third kappa shape index (κ3) is 4.71. The minimum absolute atomic E-state index is 0.0418. The molecule has 1 amide bonds. The van der Waals surface area contributed by atoms with Crippen molar-refractivity contribution >= 4 is 45.3 Å². The van der Waals surface area contributed by atoms with Crippen molar-refractivity contribution in [1.82, 2.24) is 9.73 Å². The van der Waals surface area contributed by atoms with Gasteiger partial charge in [-0.3, -0.25) is 4.79 Å². The number of carbonyl (C=O) groups excluding carboxylic acids is 1.